The van der Waals surface area contributed by atoms with Crippen molar-refractivity contribution in [3.8, 4) is 34.6 Å². The largest absolute Gasteiger partial charge is 0.506 e. The van der Waals surface area contributed by atoms with E-state index in [2.05, 4.69) is 25.3 Å². The van der Waals surface area contributed by atoms with Crippen molar-refractivity contribution < 1.29 is 14.4 Å². The van der Waals surface area contributed by atoms with Crippen molar-refractivity contribution in [3.63, 3.8) is 0 Å². The van der Waals surface area contributed by atoms with Crippen LogP contribution in [-0.2, 0) is 0 Å². The third-order valence-corrected chi connectivity index (χ3v) is 2.48. The van der Waals surface area contributed by atoms with Gasteiger partial charge in [-0.05, 0) is 12.1 Å². The van der Waals surface area contributed by atoms with E-state index < -0.39 is 0 Å². The van der Waals surface area contributed by atoms with Gasteiger partial charge in [0, 0.05) is 12.3 Å². The lowest BCUT2D eigenvalue weighted by Crippen LogP contribution is -1.93. The molecule has 0 aliphatic heterocycles. The topological polar surface area (TPSA) is 107 Å². The third kappa shape index (κ3) is 2.26. The van der Waals surface area contributed by atoms with Crippen LogP contribution in [0.15, 0.2) is 35.1 Å². The van der Waals surface area contributed by atoms with Gasteiger partial charge in [-0.1, -0.05) is 5.16 Å². The maximum absolute atomic E-state index is 9.37. The van der Waals surface area contributed by atoms with Gasteiger partial charge in [0.15, 0.2) is 0 Å². The van der Waals surface area contributed by atoms with Crippen LogP contribution in [0.5, 0.6) is 11.6 Å². The number of hydrogen-bond acceptors (Lipinski definition) is 8. The van der Waals surface area contributed by atoms with Crippen LogP contribution in [0.2, 0.25) is 0 Å². The molecule has 3 heterocycles. The van der Waals surface area contributed by atoms with E-state index in [-0.39, 0.29) is 11.6 Å². The van der Waals surface area contributed by atoms with Crippen molar-refractivity contribution in [1.29, 1.82) is 0 Å². The van der Waals surface area contributed by atoms with Gasteiger partial charge in [-0.2, -0.15) is 4.98 Å². The van der Waals surface area contributed by atoms with E-state index in [1.54, 1.807) is 12.1 Å². The van der Waals surface area contributed by atoms with Gasteiger partial charge >= 0.3 is 0 Å². The Kier molecular flexibility index (Phi) is 2.96. The van der Waals surface area contributed by atoms with E-state index in [4.69, 9.17) is 9.26 Å². The standard InChI is InChI=1S/C12H9N5O3/c1-19-10-3-2-9(15-16-10)11-14-12(20-17-11)7-4-8(18)6-13-5-7/h2-6,18H,1H3. The first-order chi connectivity index (χ1) is 9.76. The minimum Gasteiger partial charge on any atom is -0.506 e. The van der Waals surface area contributed by atoms with Crippen molar-refractivity contribution in [2.75, 3.05) is 7.11 Å². The van der Waals surface area contributed by atoms with Gasteiger partial charge in [0.1, 0.15) is 11.4 Å². The average molecular weight is 271 g/mol. The highest BCUT2D eigenvalue weighted by atomic mass is 16.5. The van der Waals surface area contributed by atoms with Gasteiger partial charge < -0.3 is 14.4 Å². The summed E-state index contributed by atoms with van der Waals surface area (Å²) in [4.78, 5) is 8.02. The summed E-state index contributed by atoms with van der Waals surface area (Å²) in [7, 11) is 1.50. The van der Waals surface area contributed by atoms with Crippen LogP contribution in [0, 0.1) is 0 Å². The first-order valence-corrected chi connectivity index (χ1v) is 5.62. The molecule has 0 saturated heterocycles. The Balaban J connectivity index is 1.93. The quantitative estimate of drug-likeness (QED) is 0.759. The maximum Gasteiger partial charge on any atom is 0.259 e. The van der Waals surface area contributed by atoms with Crippen molar-refractivity contribution in [2.24, 2.45) is 0 Å². The highest BCUT2D eigenvalue weighted by Gasteiger charge is 2.13. The normalized spacial score (nSPS) is 10.4. The Morgan fingerprint density at radius 3 is 2.80 bits per heavy atom. The minimum atomic E-state index is 0.0199. The molecule has 0 fully saturated rings. The molecule has 1 N–H and O–H groups in total. The molecule has 0 aromatic carbocycles. The Morgan fingerprint density at radius 2 is 2.10 bits per heavy atom. The van der Waals surface area contributed by atoms with Gasteiger partial charge in [-0.25, -0.2) is 0 Å². The summed E-state index contributed by atoms with van der Waals surface area (Å²) < 4.78 is 10.0. The molecule has 20 heavy (non-hydrogen) atoms. The molecule has 3 rings (SSSR count). The second kappa shape index (κ2) is 4.92. The molecule has 0 radical (unpaired) electrons. The fourth-order valence-corrected chi connectivity index (χ4v) is 1.54. The van der Waals surface area contributed by atoms with Gasteiger partial charge in [-0.3, -0.25) is 4.98 Å². The zero-order valence-electron chi connectivity index (χ0n) is 10.4. The monoisotopic (exact) mass is 271 g/mol. The van der Waals surface area contributed by atoms with Crippen molar-refractivity contribution in [3.05, 3.63) is 30.6 Å². The van der Waals surface area contributed by atoms with Gasteiger partial charge in [-0.15, -0.1) is 10.2 Å². The van der Waals surface area contributed by atoms with Gasteiger partial charge in [0.25, 0.3) is 5.89 Å². The lowest BCUT2D eigenvalue weighted by molar-refractivity contribution is 0.392. The number of rotatable bonds is 3. The number of methoxy groups -OCH3 is 1. The van der Waals surface area contributed by atoms with Crippen molar-refractivity contribution in [1.82, 2.24) is 25.3 Å². The summed E-state index contributed by atoms with van der Waals surface area (Å²) in [5.74, 6) is 0.945. The fourth-order valence-electron chi connectivity index (χ4n) is 1.54. The van der Waals surface area contributed by atoms with Crippen molar-refractivity contribution >= 4 is 0 Å². The molecule has 3 aromatic heterocycles. The molecule has 3 aromatic rings. The predicted octanol–water partition coefficient (Wildman–Crippen LogP) is 1.30. The molecule has 0 atom stereocenters. The van der Waals surface area contributed by atoms with Crippen LogP contribution in [0.25, 0.3) is 23.0 Å². The summed E-state index contributed by atoms with van der Waals surface area (Å²) in [5.41, 5.74) is 0.971. The van der Waals surface area contributed by atoms with Gasteiger partial charge in [0.05, 0.1) is 18.9 Å². The van der Waals surface area contributed by atoms with E-state index in [9.17, 15) is 5.11 Å². The number of hydrogen-bond donors (Lipinski definition) is 1. The van der Waals surface area contributed by atoms with Crippen LogP contribution in [0.3, 0.4) is 0 Å². The van der Waals surface area contributed by atoms with E-state index in [0.717, 1.165) is 0 Å². The predicted molar refractivity (Wildman–Crippen MR) is 66.8 cm³/mol. The van der Waals surface area contributed by atoms with E-state index in [1.807, 2.05) is 0 Å². The molecule has 0 aliphatic carbocycles. The SMILES string of the molecule is COc1ccc(-c2noc(-c3cncc(O)c3)n2)nn1. The molecule has 0 bridgehead atoms. The zero-order valence-corrected chi connectivity index (χ0v) is 10.4. The number of aromatic hydroxyl groups is 1. The Bertz CT molecular complexity index is 726. The number of pyridine rings is 1. The number of ether oxygens (including phenoxy) is 1. The molecule has 0 unspecified atom stereocenters. The fraction of sp³-hybridized carbons (Fsp3) is 0.0833. The molecule has 8 heteroatoms. The van der Waals surface area contributed by atoms with Crippen LogP contribution < -0.4 is 4.74 Å². The van der Waals surface area contributed by atoms with Crippen molar-refractivity contribution in [2.45, 2.75) is 0 Å². The summed E-state index contributed by atoms with van der Waals surface area (Å²) in [6.07, 6.45) is 2.83. The number of aromatic nitrogens is 5. The smallest absolute Gasteiger partial charge is 0.259 e. The highest BCUT2D eigenvalue weighted by Crippen LogP contribution is 2.22. The lowest BCUT2D eigenvalue weighted by Gasteiger charge is -1.96. The first kappa shape index (κ1) is 12.0. The molecule has 0 aliphatic rings. The number of nitrogens with zero attached hydrogens (tertiary/aromatic N) is 5. The lowest BCUT2D eigenvalue weighted by atomic mass is 10.3. The van der Waals surface area contributed by atoms with E-state index in [0.29, 0.717) is 23.0 Å². The third-order valence-electron chi connectivity index (χ3n) is 2.48. The van der Waals surface area contributed by atoms with Crippen LogP contribution in [0.1, 0.15) is 0 Å². The summed E-state index contributed by atoms with van der Waals surface area (Å²) in [6, 6.07) is 4.79. The van der Waals surface area contributed by atoms with Crippen LogP contribution in [0.4, 0.5) is 0 Å². The Labute approximate surface area is 113 Å². The molecule has 0 amide bonds. The zero-order chi connectivity index (χ0) is 13.9. The maximum atomic E-state index is 9.37. The molecule has 8 nitrogen and oxygen atoms in total. The first-order valence-electron chi connectivity index (χ1n) is 5.62. The Morgan fingerprint density at radius 1 is 1.20 bits per heavy atom. The van der Waals surface area contributed by atoms with E-state index >= 15 is 0 Å². The molecule has 0 saturated carbocycles. The van der Waals surface area contributed by atoms with E-state index in [1.165, 1.54) is 25.6 Å². The minimum absolute atomic E-state index is 0.0199. The summed E-state index contributed by atoms with van der Waals surface area (Å²) in [6.45, 7) is 0. The molecular formula is C12H9N5O3. The summed E-state index contributed by atoms with van der Waals surface area (Å²) >= 11 is 0. The summed E-state index contributed by atoms with van der Waals surface area (Å²) in [5, 5.41) is 20.9. The Hall–Kier alpha value is -3.03. The molecule has 100 valence electrons. The van der Waals surface area contributed by atoms with Crippen LogP contribution in [-0.4, -0.2) is 37.5 Å². The van der Waals surface area contributed by atoms with Crippen LogP contribution >= 0.6 is 0 Å². The average Bonchev–Trinajstić information content (AvgIpc) is 2.97. The second-order valence-electron chi connectivity index (χ2n) is 3.82. The highest BCUT2D eigenvalue weighted by molar-refractivity contribution is 5.57. The molecular weight excluding hydrogens is 262 g/mol. The molecule has 0 spiro atoms. The second-order valence-corrected chi connectivity index (χ2v) is 3.82. The van der Waals surface area contributed by atoms with Gasteiger partial charge in [0.2, 0.25) is 11.7 Å².